The topological polar surface area (TPSA) is 97.9 Å². The molecule has 3 aliphatic rings. The highest BCUT2D eigenvalue weighted by Gasteiger charge is 2.42. The van der Waals surface area contributed by atoms with Crippen molar-refractivity contribution in [2.45, 2.75) is 37.3 Å². The molecule has 6 rings (SSSR count). The van der Waals surface area contributed by atoms with Crippen molar-refractivity contribution in [3.8, 4) is 0 Å². The predicted octanol–water partition coefficient (Wildman–Crippen LogP) is 1.60. The number of nitrogens with zero attached hydrogens (tertiary/aromatic N) is 6. The number of anilines is 1. The number of aromatic nitrogens is 5. The van der Waals surface area contributed by atoms with E-state index >= 15 is 0 Å². The normalized spacial score (nSPS) is 29.4. The van der Waals surface area contributed by atoms with Gasteiger partial charge in [-0.3, -0.25) is 5.43 Å². The van der Waals surface area contributed by atoms with Gasteiger partial charge in [-0.15, -0.1) is 0 Å². The summed E-state index contributed by atoms with van der Waals surface area (Å²) in [7, 11) is 2.18. The summed E-state index contributed by atoms with van der Waals surface area (Å²) in [6, 6.07) is 2.72. The van der Waals surface area contributed by atoms with Gasteiger partial charge in [-0.2, -0.15) is 0 Å². The van der Waals surface area contributed by atoms with Crippen molar-refractivity contribution in [1.29, 1.82) is 0 Å². The van der Waals surface area contributed by atoms with Crippen LogP contribution in [0.25, 0.3) is 11.2 Å². The van der Waals surface area contributed by atoms with Gasteiger partial charge in [-0.25, -0.2) is 25.4 Å². The van der Waals surface area contributed by atoms with Gasteiger partial charge in [-0.05, 0) is 49.8 Å². The highest BCUT2D eigenvalue weighted by molar-refractivity contribution is 5.86. The van der Waals surface area contributed by atoms with Crippen LogP contribution in [0.3, 0.4) is 0 Å². The smallest absolute Gasteiger partial charge is 0.179 e. The first-order chi connectivity index (χ1) is 15.3. The van der Waals surface area contributed by atoms with E-state index in [1.54, 1.807) is 6.33 Å². The number of hydrogen-bond acceptors (Lipinski definition) is 8. The summed E-state index contributed by atoms with van der Waals surface area (Å²) in [6.45, 7) is 4.21. The second kappa shape index (κ2) is 7.81. The molecular formula is C22H29N9. The van der Waals surface area contributed by atoms with Crippen LogP contribution in [0.5, 0.6) is 0 Å². The van der Waals surface area contributed by atoms with E-state index in [4.69, 9.17) is 4.98 Å². The molecule has 9 heteroatoms. The van der Waals surface area contributed by atoms with Crippen molar-refractivity contribution in [2.75, 3.05) is 38.1 Å². The lowest BCUT2D eigenvalue weighted by molar-refractivity contribution is 0.274. The number of likely N-dealkylation sites (N-methyl/N-ethyl adjacent to an activating group) is 1. The third-order valence-electron chi connectivity index (χ3n) is 7.33. The molecule has 31 heavy (non-hydrogen) atoms. The van der Waals surface area contributed by atoms with Crippen LogP contribution in [0.4, 0.5) is 5.69 Å². The van der Waals surface area contributed by atoms with E-state index in [9.17, 15) is 0 Å². The summed E-state index contributed by atoms with van der Waals surface area (Å²) in [4.78, 5) is 26.4. The summed E-state index contributed by atoms with van der Waals surface area (Å²) in [5.41, 5.74) is 11.4. The molecule has 0 bridgehead atoms. The Bertz CT molecular complexity index is 1040. The molecule has 3 fully saturated rings. The quantitative estimate of drug-likeness (QED) is 0.589. The first-order valence-electron chi connectivity index (χ1n) is 11.3. The molecule has 3 aromatic rings. The first kappa shape index (κ1) is 19.1. The molecule has 162 valence electrons. The fourth-order valence-electron chi connectivity index (χ4n) is 5.53. The predicted molar refractivity (Wildman–Crippen MR) is 119 cm³/mol. The lowest BCUT2D eigenvalue weighted by Gasteiger charge is -2.34. The molecule has 0 amide bonds. The molecule has 9 nitrogen and oxygen atoms in total. The second-order valence-corrected chi connectivity index (χ2v) is 9.16. The number of imidazole rings is 1. The summed E-state index contributed by atoms with van der Waals surface area (Å²) in [5.74, 6) is 1.94. The van der Waals surface area contributed by atoms with Crippen LogP contribution in [0.2, 0.25) is 0 Å². The Kier molecular flexibility index (Phi) is 4.81. The molecule has 0 aromatic carbocycles. The Hall–Kier alpha value is -2.62. The van der Waals surface area contributed by atoms with E-state index < -0.39 is 0 Å². The Morgan fingerprint density at radius 2 is 1.87 bits per heavy atom. The monoisotopic (exact) mass is 419 g/mol. The van der Waals surface area contributed by atoms with Gasteiger partial charge in [0.25, 0.3) is 0 Å². The molecule has 3 N–H and O–H groups in total. The third kappa shape index (κ3) is 3.46. The van der Waals surface area contributed by atoms with Crippen LogP contribution in [0.15, 0.2) is 31.0 Å². The van der Waals surface area contributed by atoms with Gasteiger partial charge in [0.05, 0.1) is 11.7 Å². The highest BCUT2D eigenvalue weighted by atomic mass is 15.4. The minimum atomic E-state index is 0.145. The largest absolute Gasteiger partial charge is 0.367 e. The standard InChI is InChI=1S/C22H29N9/c1-30-6-8-31(9-7-30)18-4-5-25-21-20(18)26-22(27-21)19-16-10-14(2-3-17(16)28-29-19)15-11-23-13-24-12-15/h4-5,11-14,16-17,19,28-29H,2-3,6-10H2,1H3,(H,25,26,27). The van der Waals surface area contributed by atoms with Crippen molar-refractivity contribution in [3.05, 3.63) is 42.4 Å². The molecule has 4 atom stereocenters. The van der Waals surface area contributed by atoms with E-state index in [1.165, 1.54) is 11.3 Å². The van der Waals surface area contributed by atoms with Gasteiger partial charge >= 0.3 is 0 Å². The Morgan fingerprint density at radius 1 is 1.03 bits per heavy atom. The zero-order valence-corrected chi connectivity index (χ0v) is 17.8. The van der Waals surface area contributed by atoms with Gasteiger partial charge in [0.15, 0.2) is 5.65 Å². The van der Waals surface area contributed by atoms with Crippen molar-refractivity contribution in [3.63, 3.8) is 0 Å². The van der Waals surface area contributed by atoms with Crippen LogP contribution < -0.4 is 15.8 Å². The number of H-pyrrole nitrogens is 1. The fourth-order valence-corrected chi connectivity index (χ4v) is 5.53. The molecule has 1 aliphatic carbocycles. The number of nitrogens with one attached hydrogen (secondary N) is 3. The van der Waals surface area contributed by atoms with E-state index in [1.807, 2.05) is 18.6 Å². The zero-order valence-electron chi connectivity index (χ0n) is 17.8. The Labute approximate surface area is 181 Å². The number of hydrazine groups is 1. The van der Waals surface area contributed by atoms with Crippen molar-refractivity contribution < 1.29 is 0 Å². The lowest BCUT2D eigenvalue weighted by atomic mass is 9.74. The van der Waals surface area contributed by atoms with E-state index in [0.717, 1.165) is 62.4 Å². The fraction of sp³-hybridized carbons (Fsp3) is 0.545. The average molecular weight is 420 g/mol. The van der Waals surface area contributed by atoms with E-state index in [-0.39, 0.29) is 6.04 Å². The molecular weight excluding hydrogens is 390 g/mol. The van der Waals surface area contributed by atoms with E-state index in [2.05, 4.69) is 53.7 Å². The molecule has 2 saturated heterocycles. The number of rotatable bonds is 3. The summed E-state index contributed by atoms with van der Waals surface area (Å²) >= 11 is 0. The number of fused-ring (bicyclic) bond motifs is 2. The molecule has 2 aliphatic heterocycles. The van der Waals surface area contributed by atoms with Crippen molar-refractivity contribution >= 4 is 16.9 Å². The van der Waals surface area contributed by atoms with Gasteiger partial charge < -0.3 is 14.8 Å². The number of piperazine rings is 1. The van der Waals surface area contributed by atoms with Gasteiger partial charge in [0, 0.05) is 50.8 Å². The molecule has 0 radical (unpaired) electrons. The molecule has 4 unspecified atom stereocenters. The minimum absolute atomic E-state index is 0.145. The van der Waals surface area contributed by atoms with Gasteiger partial charge in [0.1, 0.15) is 17.7 Å². The molecule has 3 aromatic heterocycles. The zero-order chi connectivity index (χ0) is 20.8. The summed E-state index contributed by atoms with van der Waals surface area (Å²) < 4.78 is 0. The van der Waals surface area contributed by atoms with Crippen LogP contribution in [-0.4, -0.2) is 69.1 Å². The van der Waals surface area contributed by atoms with E-state index in [0.29, 0.717) is 17.9 Å². The molecule has 0 spiro atoms. The van der Waals surface area contributed by atoms with Crippen LogP contribution in [-0.2, 0) is 0 Å². The van der Waals surface area contributed by atoms with Crippen LogP contribution in [0, 0.1) is 5.92 Å². The summed E-state index contributed by atoms with van der Waals surface area (Å²) in [6.07, 6.45) is 10.8. The SMILES string of the molecule is CN1CCN(c2ccnc3nc(C4NNC5CCC(c6cncnc6)CC54)[nH]c23)CC1. The van der Waals surface area contributed by atoms with Crippen molar-refractivity contribution in [2.24, 2.45) is 5.92 Å². The number of aromatic amines is 1. The van der Waals surface area contributed by atoms with Gasteiger partial charge in [0.2, 0.25) is 0 Å². The number of pyridine rings is 1. The Morgan fingerprint density at radius 3 is 2.71 bits per heavy atom. The Balaban J connectivity index is 1.28. The second-order valence-electron chi connectivity index (χ2n) is 9.16. The van der Waals surface area contributed by atoms with Crippen LogP contribution in [0.1, 0.15) is 42.6 Å². The van der Waals surface area contributed by atoms with Crippen LogP contribution >= 0.6 is 0 Å². The summed E-state index contributed by atoms with van der Waals surface area (Å²) in [5, 5.41) is 0. The van der Waals surface area contributed by atoms with Crippen molar-refractivity contribution in [1.82, 2.24) is 40.7 Å². The first-order valence-corrected chi connectivity index (χ1v) is 11.3. The maximum absolute atomic E-state index is 4.92. The third-order valence-corrected chi connectivity index (χ3v) is 7.33. The lowest BCUT2D eigenvalue weighted by Crippen LogP contribution is -2.44. The maximum atomic E-state index is 4.92. The average Bonchev–Trinajstić information content (AvgIpc) is 3.43. The highest BCUT2D eigenvalue weighted by Crippen LogP contribution is 2.43. The molecule has 5 heterocycles. The molecule has 1 saturated carbocycles. The van der Waals surface area contributed by atoms with Gasteiger partial charge in [-0.1, -0.05) is 0 Å². The maximum Gasteiger partial charge on any atom is 0.179 e. The minimum Gasteiger partial charge on any atom is -0.367 e. The number of hydrogen-bond donors (Lipinski definition) is 3.